The van der Waals surface area contributed by atoms with Crippen LogP contribution in [0.15, 0.2) is 0 Å². The molecule has 0 spiro atoms. The van der Waals surface area contributed by atoms with E-state index in [9.17, 15) is 0 Å². The van der Waals surface area contributed by atoms with Crippen LogP contribution in [-0.2, 0) is 0 Å². The number of rotatable bonds is 10. The van der Waals surface area contributed by atoms with Gasteiger partial charge in [-0.1, -0.05) is 66.7 Å². The second-order valence-corrected chi connectivity index (χ2v) is 7.81. The largest absolute Gasteiger partial charge is 0.311 e. The molecule has 1 rings (SSSR count). The molecule has 0 saturated carbocycles. The molecule has 126 valence electrons. The number of nitrogens with zero attached hydrogens (tertiary/aromatic N) is 1. The Hall–Kier alpha value is -0.0800. The van der Waals surface area contributed by atoms with Crippen LogP contribution in [0.4, 0.5) is 0 Å². The van der Waals surface area contributed by atoms with Gasteiger partial charge in [-0.3, -0.25) is 4.90 Å². The molecule has 2 heteroatoms. The highest BCUT2D eigenvalue weighted by molar-refractivity contribution is 4.88. The lowest BCUT2D eigenvalue weighted by Crippen LogP contribution is -2.58. The molecule has 0 aromatic carbocycles. The fraction of sp³-hybridized carbons (Fsp3) is 1.00. The average molecular weight is 297 g/mol. The van der Waals surface area contributed by atoms with E-state index in [2.05, 4.69) is 44.8 Å². The van der Waals surface area contributed by atoms with Gasteiger partial charge in [0.15, 0.2) is 0 Å². The van der Waals surface area contributed by atoms with E-state index in [0.29, 0.717) is 6.04 Å². The predicted octanol–water partition coefficient (Wildman–Crippen LogP) is 4.69. The van der Waals surface area contributed by atoms with Gasteiger partial charge in [-0.2, -0.15) is 0 Å². The van der Waals surface area contributed by atoms with Crippen molar-refractivity contribution in [3.05, 3.63) is 0 Å². The summed E-state index contributed by atoms with van der Waals surface area (Å²) in [4.78, 5) is 2.79. The summed E-state index contributed by atoms with van der Waals surface area (Å²) in [5.74, 6) is 1.56. The highest BCUT2D eigenvalue weighted by atomic mass is 15.2. The molecule has 1 aliphatic rings. The predicted molar refractivity (Wildman–Crippen MR) is 94.8 cm³/mol. The molecule has 21 heavy (non-hydrogen) atoms. The minimum absolute atomic E-state index is 0.708. The van der Waals surface area contributed by atoms with Gasteiger partial charge in [-0.05, 0) is 31.2 Å². The normalized spacial score (nSPS) is 24.1. The Labute approximate surface area is 134 Å². The number of nitrogens with one attached hydrogen (secondary N) is 1. The van der Waals surface area contributed by atoms with Crippen molar-refractivity contribution in [2.75, 3.05) is 19.6 Å². The molecule has 0 bridgehead atoms. The van der Waals surface area contributed by atoms with Gasteiger partial charge in [0, 0.05) is 25.2 Å². The Bertz CT molecular complexity index is 250. The number of hydrogen-bond acceptors (Lipinski definition) is 2. The molecular weight excluding hydrogens is 256 g/mol. The third-order valence-electron chi connectivity index (χ3n) is 4.86. The van der Waals surface area contributed by atoms with Crippen LogP contribution in [0.1, 0.15) is 79.6 Å². The second kappa shape index (κ2) is 10.6. The molecule has 0 amide bonds. The fourth-order valence-electron chi connectivity index (χ4n) is 3.64. The van der Waals surface area contributed by atoms with Crippen LogP contribution >= 0.6 is 0 Å². The van der Waals surface area contributed by atoms with Crippen molar-refractivity contribution in [3.8, 4) is 0 Å². The number of piperazine rings is 1. The van der Waals surface area contributed by atoms with Crippen molar-refractivity contribution in [1.29, 1.82) is 0 Å². The summed E-state index contributed by atoms with van der Waals surface area (Å²) >= 11 is 0. The van der Waals surface area contributed by atoms with E-state index >= 15 is 0 Å². The molecule has 2 unspecified atom stereocenters. The lowest BCUT2D eigenvalue weighted by molar-refractivity contribution is 0.0902. The Morgan fingerprint density at radius 3 is 2.29 bits per heavy atom. The molecule has 1 saturated heterocycles. The van der Waals surface area contributed by atoms with Gasteiger partial charge in [-0.25, -0.2) is 0 Å². The summed E-state index contributed by atoms with van der Waals surface area (Å²) in [6.07, 6.45) is 9.76. The van der Waals surface area contributed by atoms with Crippen LogP contribution < -0.4 is 5.32 Å². The van der Waals surface area contributed by atoms with Crippen molar-refractivity contribution in [1.82, 2.24) is 10.2 Å². The Balaban J connectivity index is 2.33. The van der Waals surface area contributed by atoms with E-state index in [0.717, 1.165) is 17.9 Å². The van der Waals surface area contributed by atoms with Crippen LogP contribution in [0, 0.1) is 11.8 Å². The summed E-state index contributed by atoms with van der Waals surface area (Å²) in [7, 11) is 0. The van der Waals surface area contributed by atoms with Crippen LogP contribution in [-0.4, -0.2) is 36.6 Å². The van der Waals surface area contributed by atoms with Crippen molar-refractivity contribution >= 4 is 0 Å². The molecule has 0 radical (unpaired) electrons. The first-order valence-corrected chi connectivity index (χ1v) is 9.52. The number of hydrogen-bond donors (Lipinski definition) is 1. The number of unbranched alkanes of at least 4 members (excludes halogenated alkanes) is 5. The maximum atomic E-state index is 3.79. The SMILES string of the molecule is CCCCCCCCN1CC(CC(C)C)NCC1C(C)C. The van der Waals surface area contributed by atoms with E-state index in [4.69, 9.17) is 0 Å². The monoisotopic (exact) mass is 296 g/mol. The molecule has 1 heterocycles. The van der Waals surface area contributed by atoms with Crippen LogP contribution in [0.3, 0.4) is 0 Å². The van der Waals surface area contributed by atoms with E-state index < -0.39 is 0 Å². The molecule has 1 fully saturated rings. The third kappa shape index (κ3) is 7.65. The Morgan fingerprint density at radius 1 is 1.00 bits per heavy atom. The van der Waals surface area contributed by atoms with Gasteiger partial charge in [0.2, 0.25) is 0 Å². The molecule has 0 aliphatic carbocycles. The average Bonchev–Trinajstić information content (AvgIpc) is 2.42. The molecule has 0 aromatic rings. The standard InChI is InChI=1S/C19H40N2/c1-6-7-8-9-10-11-12-21-15-18(13-16(2)3)20-14-19(21)17(4)5/h16-20H,6-15H2,1-5H3. The van der Waals surface area contributed by atoms with Gasteiger partial charge in [0.1, 0.15) is 0 Å². The zero-order valence-electron chi connectivity index (χ0n) is 15.3. The van der Waals surface area contributed by atoms with E-state index in [1.165, 1.54) is 64.6 Å². The van der Waals surface area contributed by atoms with E-state index in [1.54, 1.807) is 0 Å². The van der Waals surface area contributed by atoms with Gasteiger partial charge in [0.05, 0.1) is 0 Å². The lowest BCUT2D eigenvalue weighted by atomic mass is 9.94. The van der Waals surface area contributed by atoms with Crippen molar-refractivity contribution in [2.24, 2.45) is 11.8 Å². The summed E-state index contributed by atoms with van der Waals surface area (Å²) in [5, 5.41) is 3.79. The molecule has 2 nitrogen and oxygen atoms in total. The molecular formula is C19H40N2. The molecule has 2 atom stereocenters. The van der Waals surface area contributed by atoms with Crippen LogP contribution in [0.5, 0.6) is 0 Å². The highest BCUT2D eigenvalue weighted by Gasteiger charge is 2.29. The Morgan fingerprint density at radius 2 is 1.67 bits per heavy atom. The van der Waals surface area contributed by atoms with E-state index in [-0.39, 0.29) is 0 Å². The summed E-state index contributed by atoms with van der Waals surface area (Å²) in [6, 6.07) is 1.45. The fourth-order valence-corrected chi connectivity index (χ4v) is 3.64. The quantitative estimate of drug-likeness (QED) is 0.588. The molecule has 0 aromatic heterocycles. The van der Waals surface area contributed by atoms with Crippen molar-refractivity contribution in [3.63, 3.8) is 0 Å². The van der Waals surface area contributed by atoms with E-state index in [1.807, 2.05) is 0 Å². The minimum atomic E-state index is 0.708. The van der Waals surface area contributed by atoms with Crippen LogP contribution in [0.25, 0.3) is 0 Å². The first kappa shape index (κ1) is 19.0. The van der Waals surface area contributed by atoms with Crippen molar-refractivity contribution < 1.29 is 0 Å². The van der Waals surface area contributed by atoms with Gasteiger partial charge < -0.3 is 5.32 Å². The second-order valence-electron chi connectivity index (χ2n) is 7.81. The first-order chi connectivity index (χ1) is 10.0. The topological polar surface area (TPSA) is 15.3 Å². The maximum absolute atomic E-state index is 3.79. The summed E-state index contributed by atoms with van der Waals surface area (Å²) < 4.78 is 0. The van der Waals surface area contributed by atoms with Crippen molar-refractivity contribution in [2.45, 2.75) is 91.6 Å². The van der Waals surface area contributed by atoms with Crippen LogP contribution in [0.2, 0.25) is 0 Å². The molecule has 1 aliphatic heterocycles. The zero-order valence-corrected chi connectivity index (χ0v) is 15.3. The Kier molecular flexibility index (Phi) is 9.59. The first-order valence-electron chi connectivity index (χ1n) is 9.52. The zero-order chi connectivity index (χ0) is 15.7. The molecule has 1 N–H and O–H groups in total. The van der Waals surface area contributed by atoms with Gasteiger partial charge in [0.25, 0.3) is 0 Å². The summed E-state index contributed by atoms with van der Waals surface area (Å²) in [5.41, 5.74) is 0. The van der Waals surface area contributed by atoms with Gasteiger partial charge >= 0.3 is 0 Å². The van der Waals surface area contributed by atoms with Gasteiger partial charge in [-0.15, -0.1) is 0 Å². The highest BCUT2D eigenvalue weighted by Crippen LogP contribution is 2.19. The minimum Gasteiger partial charge on any atom is -0.311 e. The maximum Gasteiger partial charge on any atom is 0.0244 e. The smallest absolute Gasteiger partial charge is 0.0244 e. The third-order valence-corrected chi connectivity index (χ3v) is 4.86. The summed E-state index contributed by atoms with van der Waals surface area (Å²) in [6.45, 7) is 15.5. The lowest BCUT2D eigenvalue weighted by Gasteiger charge is -2.43.